The summed E-state index contributed by atoms with van der Waals surface area (Å²) in [6.07, 6.45) is 8.96. The van der Waals surface area contributed by atoms with Crippen LogP contribution >= 0.6 is 0 Å². The Bertz CT molecular complexity index is 377. The van der Waals surface area contributed by atoms with Crippen LogP contribution in [0.4, 0.5) is 0 Å². The molecule has 0 heterocycles. The van der Waals surface area contributed by atoms with E-state index in [1.54, 1.807) is 0 Å². The SMILES string of the molecule is CC(CN)(CCc1ccccc1)NC1CC=CC1. The monoisotopic (exact) mass is 244 g/mol. The summed E-state index contributed by atoms with van der Waals surface area (Å²) in [6, 6.07) is 11.2. The molecule has 0 amide bonds. The molecule has 1 aromatic carbocycles. The number of nitrogens with one attached hydrogen (secondary N) is 1. The van der Waals surface area contributed by atoms with Gasteiger partial charge in [0, 0.05) is 18.1 Å². The van der Waals surface area contributed by atoms with Crippen LogP contribution in [0, 0.1) is 0 Å². The zero-order valence-electron chi connectivity index (χ0n) is 11.2. The van der Waals surface area contributed by atoms with Crippen molar-refractivity contribution in [3.8, 4) is 0 Å². The highest BCUT2D eigenvalue weighted by atomic mass is 15.0. The summed E-state index contributed by atoms with van der Waals surface area (Å²) in [5.74, 6) is 0. The van der Waals surface area contributed by atoms with E-state index in [-0.39, 0.29) is 5.54 Å². The zero-order chi connectivity index (χ0) is 12.8. The van der Waals surface area contributed by atoms with E-state index >= 15 is 0 Å². The van der Waals surface area contributed by atoms with E-state index in [2.05, 4.69) is 54.7 Å². The van der Waals surface area contributed by atoms with Gasteiger partial charge in [-0.1, -0.05) is 42.5 Å². The Balaban J connectivity index is 1.87. The molecule has 0 aliphatic heterocycles. The van der Waals surface area contributed by atoms with Crippen molar-refractivity contribution >= 4 is 0 Å². The number of hydrogen-bond donors (Lipinski definition) is 2. The van der Waals surface area contributed by atoms with Gasteiger partial charge in [-0.2, -0.15) is 0 Å². The van der Waals surface area contributed by atoms with Gasteiger partial charge in [0.1, 0.15) is 0 Å². The lowest BCUT2D eigenvalue weighted by Gasteiger charge is -2.33. The van der Waals surface area contributed by atoms with Crippen molar-refractivity contribution in [1.29, 1.82) is 0 Å². The lowest BCUT2D eigenvalue weighted by Crippen LogP contribution is -2.52. The molecule has 0 radical (unpaired) electrons. The molecular weight excluding hydrogens is 220 g/mol. The molecule has 1 aliphatic rings. The number of aryl methyl sites for hydroxylation is 1. The van der Waals surface area contributed by atoms with Crippen molar-refractivity contribution in [3.05, 3.63) is 48.0 Å². The Morgan fingerprint density at radius 2 is 1.89 bits per heavy atom. The van der Waals surface area contributed by atoms with Crippen molar-refractivity contribution in [2.75, 3.05) is 6.54 Å². The Labute approximate surface area is 110 Å². The third-order valence-corrected chi connectivity index (χ3v) is 3.82. The van der Waals surface area contributed by atoms with Crippen molar-refractivity contribution in [2.45, 2.75) is 44.2 Å². The number of rotatable bonds is 6. The highest BCUT2D eigenvalue weighted by Gasteiger charge is 2.25. The van der Waals surface area contributed by atoms with E-state index in [1.807, 2.05) is 0 Å². The molecule has 1 aromatic rings. The molecule has 2 heteroatoms. The molecular formula is C16H24N2. The van der Waals surface area contributed by atoms with Crippen LogP contribution in [0.2, 0.25) is 0 Å². The molecule has 98 valence electrons. The van der Waals surface area contributed by atoms with Gasteiger partial charge >= 0.3 is 0 Å². The molecule has 0 saturated heterocycles. The summed E-state index contributed by atoms with van der Waals surface area (Å²) in [4.78, 5) is 0. The molecule has 18 heavy (non-hydrogen) atoms. The van der Waals surface area contributed by atoms with Crippen LogP contribution in [-0.4, -0.2) is 18.1 Å². The molecule has 0 aromatic heterocycles. The average Bonchev–Trinajstić information content (AvgIpc) is 2.90. The second-order valence-corrected chi connectivity index (χ2v) is 5.53. The number of hydrogen-bond acceptors (Lipinski definition) is 2. The highest BCUT2D eigenvalue weighted by molar-refractivity contribution is 5.15. The van der Waals surface area contributed by atoms with Crippen LogP contribution in [0.5, 0.6) is 0 Å². The second-order valence-electron chi connectivity index (χ2n) is 5.53. The van der Waals surface area contributed by atoms with Crippen molar-refractivity contribution in [1.82, 2.24) is 5.32 Å². The third kappa shape index (κ3) is 3.69. The summed E-state index contributed by atoms with van der Waals surface area (Å²) >= 11 is 0. The minimum Gasteiger partial charge on any atom is -0.329 e. The Morgan fingerprint density at radius 3 is 2.50 bits per heavy atom. The molecule has 0 spiro atoms. The summed E-state index contributed by atoms with van der Waals surface area (Å²) < 4.78 is 0. The van der Waals surface area contributed by atoms with Gasteiger partial charge in [0.25, 0.3) is 0 Å². The van der Waals surface area contributed by atoms with E-state index in [1.165, 1.54) is 5.56 Å². The average molecular weight is 244 g/mol. The van der Waals surface area contributed by atoms with Gasteiger partial charge in [-0.15, -0.1) is 0 Å². The maximum absolute atomic E-state index is 5.97. The van der Waals surface area contributed by atoms with Gasteiger partial charge in [0.2, 0.25) is 0 Å². The van der Waals surface area contributed by atoms with Gasteiger partial charge in [0.15, 0.2) is 0 Å². The molecule has 0 saturated carbocycles. The van der Waals surface area contributed by atoms with E-state index in [9.17, 15) is 0 Å². The summed E-state index contributed by atoms with van der Waals surface area (Å²) in [6.45, 7) is 2.94. The summed E-state index contributed by atoms with van der Waals surface area (Å²) in [5.41, 5.74) is 7.41. The first-order valence-corrected chi connectivity index (χ1v) is 6.88. The van der Waals surface area contributed by atoms with Crippen molar-refractivity contribution in [3.63, 3.8) is 0 Å². The predicted molar refractivity (Wildman–Crippen MR) is 77.5 cm³/mol. The lowest BCUT2D eigenvalue weighted by atomic mass is 9.92. The number of benzene rings is 1. The molecule has 1 atom stereocenters. The Morgan fingerprint density at radius 1 is 1.22 bits per heavy atom. The van der Waals surface area contributed by atoms with E-state index in [4.69, 9.17) is 5.73 Å². The lowest BCUT2D eigenvalue weighted by molar-refractivity contribution is 0.300. The summed E-state index contributed by atoms with van der Waals surface area (Å²) in [5, 5.41) is 3.72. The maximum Gasteiger partial charge on any atom is 0.0281 e. The molecule has 1 unspecified atom stereocenters. The normalized spacial score (nSPS) is 19.0. The largest absolute Gasteiger partial charge is 0.329 e. The second kappa shape index (κ2) is 6.17. The minimum atomic E-state index is 0.0481. The quantitative estimate of drug-likeness (QED) is 0.755. The smallest absolute Gasteiger partial charge is 0.0281 e. The highest BCUT2D eigenvalue weighted by Crippen LogP contribution is 2.18. The first kappa shape index (κ1) is 13.3. The minimum absolute atomic E-state index is 0.0481. The van der Waals surface area contributed by atoms with Crippen LogP contribution in [0.25, 0.3) is 0 Å². The topological polar surface area (TPSA) is 38.0 Å². The van der Waals surface area contributed by atoms with Crippen LogP contribution in [0.15, 0.2) is 42.5 Å². The fourth-order valence-corrected chi connectivity index (χ4v) is 2.53. The summed E-state index contributed by atoms with van der Waals surface area (Å²) in [7, 11) is 0. The third-order valence-electron chi connectivity index (χ3n) is 3.82. The molecule has 2 rings (SSSR count). The van der Waals surface area contributed by atoms with Gasteiger partial charge in [0.05, 0.1) is 0 Å². The Hall–Kier alpha value is -1.12. The zero-order valence-corrected chi connectivity index (χ0v) is 11.2. The van der Waals surface area contributed by atoms with Crippen LogP contribution in [0.3, 0.4) is 0 Å². The fraction of sp³-hybridized carbons (Fsp3) is 0.500. The first-order chi connectivity index (χ1) is 8.72. The van der Waals surface area contributed by atoms with Gasteiger partial charge in [-0.05, 0) is 38.2 Å². The van der Waals surface area contributed by atoms with Gasteiger partial charge in [-0.25, -0.2) is 0 Å². The fourth-order valence-electron chi connectivity index (χ4n) is 2.53. The molecule has 1 aliphatic carbocycles. The molecule has 2 nitrogen and oxygen atoms in total. The van der Waals surface area contributed by atoms with E-state index in [0.717, 1.165) is 25.7 Å². The first-order valence-electron chi connectivity index (χ1n) is 6.88. The molecule has 3 N–H and O–H groups in total. The molecule has 0 fully saturated rings. The molecule has 0 bridgehead atoms. The van der Waals surface area contributed by atoms with Crippen LogP contribution in [-0.2, 0) is 6.42 Å². The number of nitrogens with two attached hydrogens (primary N) is 1. The van der Waals surface area contributed by atoms with Crippen LogP contribution < -0.4 is 11.1 Å². The van der Waals surface area contributed by atoms with Gasteiger partial charge in [-0.3, -0.25) is 0 Å². The van der Waals surface area contributed by atoms with Gasteiger partial charge < -0.3 is 11.1 Å². The standard InChI is InChI=1S/C16H24N2/c1-16(13-17,18-15-9-5-6-10-15)12-11-14-7-3-2-4-8-14/h2-8,15,18H,9-13,17H2,1H3. The van der Waals surface area contributed by atoms with E-state index < -0.39 is 0 Å². The van der Waals surface area contributed by atoms with Crippen LogP contribution in [0.1, 0.15) is 31.7 Å². The van der Waals surface area contributed by atoms with E-state index in [0.29, 0.717) is 12.6 Å². The van der Waals surface area contributed by atoms with Crippen molar-refractivity contribution in [2.24, 2.45) is 5.73 Å². The van der Waals surface area contributed by atoms with Crippen molar-refractivity contribution < 1.29 is 0 Å². The maximum atomic E-state index is 5.97. The Kier molecular flexibility index (Phi) is 4.56. The predicted octanol–water partition coefficient (Wildman–Crippen LogP) is 2.64.